The molecule has 3 heterocycles. The first-order valence-electron chi connectivity index (χ1n) is 6.97. The van der Waals surface area contributed by atoms with Gasteiger partial charge in [-0.15, -0.1) is 11.3 Å². The minimum Gasteiger partial charge on any atom is -0.333 e. The standard InChI is InChI=1S/C13H19N5OS/c1-3-4-11-15-8-10(20-11)13-16-12(17-19-13)9-7-14-5-6-18(9)2/h8-9,14H,3-7H2,1-2H3. The molecule has 108 valence electrons. The molecule has 1 aliphatic rings. The van der Waals surface area contributed by atoms with Crippen LogP contribution in [0.2, 0.25) is 0 Å². The van der Waals surface area contributed by atoms with E-state index in [9.17, 15) is 0 Å². The number of aryl methyl sites for hydroxylation is 1. The number of nitrogens with one attached hydrogen (secondary N) is 1. The first kappa shape index (κ1) is 13.7. The molecule has 0 spiro atoms. The van der Waals surface area contributed by atoms with Gasteiger partial charge < -0.3 is 9.84 Å². The van der Waals surface area contributed by atoms with Gasteiger partial charge in [0, 0.05) is 19.6 Å². The molecule has 0 aliphatic carbocycles. The van der Waals surface area contributed by atoms with Gasteiger partial charge in [-0.2, -0.15) is 4.98 Å². The number of piperazine rings is 1. The molecule has 20 heavy (non-hydrogen) atoms. The van der Waals surface area contributed by atoms with Gasteiger partial charge >= 0.3 is 0 Å². The number of nitrogens with zero attached hydrogens (tertiary/aromatic N) is 4. The summed E-state index contributed by atoms with van der Waals surface area (Å²) in [5, 5.41) is 8.62. The van der Waals surface area contributed by atoms with Gasteiger partial charge in [-0.25, -0.2) is 4.98 Å². The van der Waals surface area contributed by atoms with Crippen LogP contribution in [0, 0.1) is 0 Å². The van der Waals surface area contributed by atoms with Gasteiger partial charge in [0.1, 0.15) is 4.88 Å². The van der Waals surface area contributed by atoms with Gasteiger partial charge in [-0.1, -0.05) is 12.1 Å². The van der Waals surface area contributed by atoms with E-state index in [1.165, 1.54) is 0 Å². The van der Waals surface area contributed by atoms with Crippen LogP contribution in [0.25, 0.3) is 10.8 Å². The van der Waals surface area contributed by atoms with Crippen LogP contribution in [0.3, 0.4) is 0 Å². The Morgan fingerprint density at radius 2 is 2.45 bits per heavy atom. The Morgan fingerprint density at radius 3 is 3.25 bits per heavy atom. The molecule has 0 amide bonds. The Hall–Kier alpha value is -1.31. The summed E-state index contributed by atoms with van der Waals surface area (Å²) in [5.74, 6) is 1.33. The van der Waals surface area contributed by atoms with E-state index in [1.54, 1.807) is 11.3 Å². The monoisotopic (exact) mass is 293 g/mol. The zero-order valence-corrected chi connectivity index (χ0v) is 12.6. The van der Waals surface area contributed by atoms with E-state index in [2.05, 4.69) is 39.3 Å². The minimum absolute atomic E-state index is 0.185. The molecule has 1 unspecified atom stereocenters. The van der Waals surface area contributed by atoms with E-state index >= 15 is 0 Å². The second kappa shape index (κ2) is 5.99. The van der Waals surface area contributed by atoms with Gasteiger partial charge in [0.2, 0.25) is 0 Å². The van der Waals surface area contributed by atoms with Crippen LogP contribution in [0.15, 0.2) is 10.7 Å². The number of aromatic nitrogens is 3. The average molecular weight is 293 g/mol. The van der Waals surface area contributed by atoms with E-state index in [-0.39, 0.29) is 6.04 Å². The molecule has 1 aliphatic heterocycles. The maximum absolute atomic E-state index is 5.40. The highest BCUT2D eigenvalue weighted by atomic mass is 32.1. The fourth-order valence-electron chi connectivity index (χ4n) is 2.30. The van der Waals surface area contributed by atoms with E-state index < -0.39 is 0 Å². The molecule has 0 aromatic carbocycles. The van der Waals surface area contributed by atoms with E-state index in [1.807, 2.05) is 6.20 Å². The SMILES string of the molecule is CCCc1ncc(-c2nc(C3CNCCN3C)no2)s1. The van der Waals surface area contributed by atoms with Gasteiger partial charge in [-0.3, -0.25) is 4.90 Å². The molecule has 6 nitrogen and oxygen atoms in total. The summed E-state index contributed by atoms with van der Waals surface area (Å²) in [5.41, 5.74) is 0. The lowest BCUT2D eigenvalue weighted by molar-refractivity contribution is 0.190. The highest BCUT2D eigenvalue weighted by Gasteiger charge is 2.25. The summed E-state index contributed by atoms with van der Waals surface area (Å²) in [4.78, 5) is 12.1. The van der Waals surface area contributed by atoms with Crippen LogP contribution in [0.1, 0.15) is 30.2 Å². The van der Waals surface area contributed by atoms with E-state index in [4.69, 9.17) is 4.52 Å². The summed E-state index contributed by atoms with van der Waals surface area (Å²) in [6.45, 7) is 5.01. The van der Waals surface area contributed by atoms with Crippen molar-refractivity contribution in [1.82, 2.24) is 25.3 Å². The summed E-state index contributed by atoms with van der Waals surface area (Å²) < 4.78 is 5.40. The van der Waals surface area contributed by atoms with Crippen molar-refractivity contribution >= 4 is 11.3 Å². The van der Waals surface area contributed by atoms with E-state index in [0.29, 0.717) is 5.89 Å². The summed E-state index contributed by atoms with van der Waals surface area (Å²) in [7, 11) is 2.09. The Balaban J connectivity index is 1.78. The lowest BCUT2D eigenvalue weighted by atomic mass is 10.2. The van der Waals surface area contributed by atoms with Crippen molar-refractivity contribution in [2.45, 2.75) is 25.8 Å². The third-order valence-electron chi connectivity index (χ3n) is 3.48. The second-order valence-corrected chi connectivity index (χ2v) is 6.14. The Morgan fingerprint density at radius 1 is 1.55 bits per heavy atom. The molecule has 1 fully saturated rings. The largest absolute Gasteiger partial charge is 0.333 e. The number of likely N-dealkylation sites (N-methyl/N-ethyl adjacent to an activating group) is 1. The van der Waals surface area contributed by atoms with Gasteiger partial charge in [0.25, 0.3) is 5.89 Å². The van der Waals surface area contributed by atoms with Crippen LogP contribution in [0.4, 0.5) is 0 Å². The first-order valence-corrected chi connectivity index (χ1v) is 7.79. The van der Waals surface area contributed by atoms with Crippen LogP contribution in [-0.4, -0.2) is 46.7 Å². The Labute approximate surface area is 122 Å². The number of rotatable bonds is 4. The maximum atomic E-state index is 5.40. The molecule has 3 rings (SSSR count). The van der Waals surface area contributed by atoms with Crippen molar-refractivity contribution < 1.29 is 4.52 Å². The molecule has 2 aromatic heterocycles. The quantitative estimate of drug-likeness (QED) is 0.926. The van der Waals surface area contributed by atoms with Gasteiger partial charge in [-0.05, 0) is 19.9 Å². The highest BCUT2D eigenvalue weighted by Crippen LogP contribution is 2.27. The smallest absolute Gasteiger partial charge is 0.269 e. The summed E-state index contributed by atoms with van der Waals surface area (Å²) in [6.07, 6.45) is 3.93. The lowest BCUT2D eigenvalue weighted by Gasteiger charge is -2.30. The molecule has 0 radical (unpaired) electrons. The Bertz CT molecular complexity index is 567. The van der Waals surface area contributed by atoms with Gasteiger partial charge in [0.05, 0.1) is 17.2 Å². The van der Waals surface area contributed by atoms with Crippen molar-refractivity contribution in [3.05, 3.63) is 17.0 Å². The predicted molar refractivity (Wildman–Crippen MR) is 77.6 cm³/mol. The third-order valence-corrected chi connectivity index (χ3v) is 4.52. The topological polar surface area (TPSA) is 67.1 Å². The number of hydrogen-bond acceptors (Lipinski definition) is 7. The van der Waals surface area contributed by atoms with Crippen LogP contribution >= 0.6 is 11.3 Å². The first-order chi connectivity index (χ1) is 9.78. The van der Waals surface area contributed by atoms with Crippen molar-refractivity contribution in [3.63, 3.8) is 0 Å². The fraction of sp³-hybridized carbons (Fsp3) is 0.615. The zero-order valence-electron chi connectivity index (χ0n) is 11.8. The molecule has 1 atom stereocenters. The average Bonchev–Trinajstić information content (AvgIpc) is 3.08. The van der Waals surface area contributed by atoms with Gasteiger partial charge in [0.15, 0.2) is 5.82 Å². The van der Waals surface area contributed by atoms with Crippen molar-refractivity contribution in [1.29, 1.82) is 0 Å². The Kier molecular flexibility index (Phi) is 4.09. The van der Waals surface area contributed by atoms with Crippen LogP contribution in [-0.2, 0) is 6.42 Å². The fourth-order valence-corrected chi connectivity index (χ4v) is 3.24. The van der Waals surface area contributed by atoms with Crippen LogP contribution in [0.5, 0.6) is 0 Å². The number of thiazole rings is 1. The summed E-state index contributed by atoms with van der Waals surface area (Å²) in [6, 6.07) is 0.185. The van der Waals surface area contributed by atoms with Crippen LogP contribution < -0.4 is 5.32 Å². The summed E-state index contributed by atoms with van der Waals surface area (Å²) >= 11 is 1.63. The molecular formula is C13H19N5OS. The predicted octanol–water partition coefficient (Wildman–Crippen LogP) is 1.72. The van der Waals surface area contributed by atoms with Crippen molar-refractivity contribution in [2.24, 2.45) is 0 Å². The molecule has 0 saturated carbocycles. The van der Waals surface area contributed by atoms with Crippen molar-refractivity contribution in [3.8, 4) is 10.8 Å². The molecular weight excluding hydrogens is 274 g/mol. The molecule has 1 N–H and O–H groups in total. The zero-order chi connectivity index (χ0) is 13.9. The van der Waals surface area contributed by atoms with Crippen molar-refractivity contribution in [2.75, 3.05) is 26.7 Å². The normalized spacial score (nSPS) is 20.4. The molecule has 1 saturated heterocycles. The lowest BCUT2D eigenvalue weighted by Crippen LogP contribution is -2.44. The minimum atomic E-state index is 0.185. The second-order valence-electron chi connectivity index (χ2n) is 5.03. The van der Waals surface area contributed by atoms with E-state index in [0.717, 1.165) is 48.2 Å². The highest BCUT2D eigenvalue weighted by molar-refractivity contribution is 7.15. The number of hydrogen-bond donors (Lipinski definition) is 1. The third kappa shape index (κ3) is 2.74. The molecule has 7 heteroatoms. The maximum Gasteiger partial charge on any atom is 0.269 e. The molecule has 0 bridgehead atoms. The molecule has 2 aromatic rings.